The molecule has 0 saturated heterocycles. The van der Waals surface area contributed by atoms with Crippen molar-refractivity contribution in [1.82, 2.24) is 15.1 Å². The van der Waals surface area contributed by atoms with E-state index in [0.29, 0.717) is 23.4 Å². The molecule has 1 aromatic heterocycles. The zero-order valence-corrected chi connectivity index (χ0v) is 13.9. The summed E-state index contributed by atoms with van der Waals surface area (Å²) in [6, 6.07) is 7.22. The van der Waals surface area contributed by atoms with E-state index in [0.717, 1.165) is 12.8 Å². The number of rotatable bonds is 8. The SMILES string of the molecule is CCCC[C@@H](CC)CNC(=O)Cn1ncc(=O)c2ccccc21. The van der Waals surface area contributed by atoms with E-state index < -0.39 is 0 Å². The number of hydrogen-bond acceptors (Lipinski definition) is 3. The zero-order chi connectivity index (χ0) is 16.7. The summed E-state index contributed by atoms with van der Waals surface area (Å²) >= 11 is 0. The fraction of sp³-hybridized carbons (Fsp3) is 0.500. The fourth-order valence-electron chi connectivity index (χ4n) is 2.68. The van der Waals surface area contributed by atoms with Crippen LogP contribution >= 0.6 is 0 Å². The van der Waals surface area contributed by atoms with Crippen LogP contribution in [0.15, 0.2) is 35.3 Å². The molecule has 5 nitrogen and oxygen atoms in total. The first-order chi connectivity index (χ1) is 11.2. The molecule has 0 bridgehead atoms. The molecule has 0 unspecified atom stereocenters. The van der Waals surface area contributed by atoms with Crippen LogP contribution in [0, 0.1) is 5.92 Å². The van der Waals surface area contributed by atoms with E-state index in [-0.39, 0.29) is 17.9 Å². The number of carbonyl (C=O) groups excluding carboxylic acids is 1. The molecule has 0 fully saturated rings. The summed E-state index contributed by atoms with van der Waals surface area (Å²) in [5.74, 6) is 0.457. The molecule has 2 aromatic rings. The molecule has 5 heteroatoms. The predicted octanol–water partition coefficient (Wildman–Crippen LogP) is 2.73. The second kappa shape index (κ2) is 8.46. The van der Waals surface area contributed by atoms with Gasteiger partial charge in [0.25, 0.3) is 0 Å². The number of benzene rings is 1. The topological polar surface area (TPSA) is 64.0 Å². The van der Waals surface area contributed by atoms with Gasteiger partial charge in [0.15, 0.2) is 0 Å². The number of para-hydroxylation sites is 1. The Labute approximate surface area is 136 Å². The third kappa shape index (κ3) is 4.65. The average Bonchev–Trinajstić information content (AvgIpc) is 2.58. The average molecular weight is 315 g/mol. The Morgan fingerprint density at radius 1 is 1.30 bits per heavy atom. The molecule has 1 aromatic carbocycles. The molecule has 1 atom stereocenters. The van der Waals surface area contributed by atoms with Gasteiger partial charge >= 0.3 is 0 Å². The van der Waals surface area contributed by atoms with Crippen molar-refractivity contribution in [2.24, 2.45) is 5.92 Å². The van der Waals surface area contributed by atoms with Crippen molar-refractivity contribution in [3.8, 4) is 0 Å². The molecule has 1 N–H and O–H groups in total. The number of nitrogens with one attached hydrogen (secondary N) is 1. The Balaban J connectivity index is 2.01. The van der Waals surface area contributed by atoms with Gasteiger partial charge in [-0.15, -0.1) is 0 Å². The maximum absolute atomic E-state index is 12.2. The van der Waals surface area contributed by atoms with Gasteiger partial charge in [-0.1, -0.05) is 45.2 Å². The minimum absolute atomic E-state index is 0.0683. The summed E-state index contributed by atoms with van der Waals surface area (Å²) in [7, 11) is 0. The normalized spacial score (nSPS) is 12.3. The van der Waals surface area contributed by atoms with E-state index in [1.165, 1.54) is 19.0 Å². The minimum Gasteiger partial charge on any atom is -0.354 e. The van der Waals surface area contributed by atoms with E-state index in [2.05, 4.69) is 24.3 Å². The number of aromatic nitrogens is 2. The molecule has 2 rings (SSSR count). The van der Waals surface area contributed by atoms with Crippen LogP contribution in [0.4, 0.5) is 0 Å². The quantitative estimate of drug-likeness (QED) is 0.814. The molecular weight excluding hydrogens is 290 g/mol. The standard InChI is InChI=1S/C18H25N3O2/c1-3-5-8-14(4-2)11-19-18(23)13-21-16-10-7-6-9-15(16)17(22)12-20-21/h6-7,9-10,12,14H,3-5,8,11,13H2,1-2H3,(H,19,23)/t14-/m1/s1. The van der Waals surface area contributed by atoms with Crippen LogP contribution in [0.25, 0.3) is 10.9 Å². The molecule has 0 spiro atoms. The van der Waals surface area contributed by atoms with Crippen LogP contribution in [0.1, 0.15) is 39.5 Å². The van der Waals surface area contributed by atoms with Gasteiger partial charge in [0.2, 0.25) is 11.3 Å². The highest BCUT2D eigenvalue weighted by molar-refractivity contribution is 5.81. The van der Waals surface area contributed by atoms with E-state index in [4.69, 9.17) is 0 Å². The number of carbonyl (C=O) groups is 1. The van der Waals surface area contributed by atoms with Crippen molar-refractivity contribution in [2.75, 3.05) is 6.54 Å². The van der Waals surface area contributed by atoms with Gasteiger partial charge in [-0.05, 0) is 24.5 Å². The molecule has 23 heavy (non-hydrogen) atoms. The number of nitrogens with zero attached hydrogens (tertiary/aromatic N) is 2. The van der Waals surface area contributed by atoms with Gasteiger partial charge in [0.05, 0.1) is 11.7 Å². The largest absolute Gasteiger partial charge is 0.354 e. The Morgan fingerprint density at radius 2 is 2.09 bits per heavy atom. The molecule has 1 heterocycles. The lowest BCUT2D eigenvalue weighted by Gasteiger charge is -2.16. The summed E-state index contributed by atoms with van der Waals surface area (Å²) in [4.78, 5) is 24.0. The maximum Gasteiger partial charge on any atom is 0.241 e. The van der Waals surface area contributed by atoms with Crippen molar-refractivity contribution in [2.45, 2.75) is 46.1 Å². The lowest BCUT2D eigenvalue weighted by molar-refractivity contribution is -0.122. The number of hydrogen-bond donors (Lipinski definition) is 1. The van der Waals surface area contributed by atoms with Crippen molar-refractivity contribution in [1.29, 1.82) is 0 Å². The summed E-state index contributed by atoms with van der Waals surface area (Å²) in [6.45, 7) is 5.17. The molecule has 1 amide bonds. The van der Waals surface area contributed by atoms with E-state index in [9.17, 15) is 9.59 Å². The fourth-order valence-corrected chi connectivity index (χ4v) is 2.68. The van der Waals surface area contributed by atoms with Gasteiger partial charge < -0.3 is 5.32 Å². The van der Waals surface area contributed by atoms with E-state index in [1.54, 1.807) is 10.7 Å². The molecule has 0 aliphatic heterocycles. The molecule has 0 radical (unpaired) electrons. The third-order valence-corrected chi connectivity index (χ3v) is 4.19. The van der Waals surface area contributed by atoms with Crippen LogP contribution in [-0.4, -0.2) is 22.2 Å². The summed E-state index contributed by atoms with van der Waals surface area (Å²) < 4.78 is 1.58. The Kier molecular flexibility index (Phi) is 6.32. The molecule has 0 aliphatic carbocycles. The molecular formula is C18H25N3O2. The first-order valence-corrected chi connectivity index (χ1v) is 8.37. The number of amides is 1. The maximum atomic E-state index is 12.2. The van der Waals surface area contributed by atoms with Crippen LogP contribution in [-0.2, 0) is 11.3 Å². The van der Waals surface area contributed by atoms with E-state index in [1.807, 2.05) is 18.2 Å². The van der Waals surface area contributed by atoms with Crippen LogP contribution < -0.4 is 10.7 Å². The first-order valence-electron chi connectivity index (χ1n) is 8.37. The Hall–Kier alpha value is -2.17. The second-order valence-electron chi connectivity index (χ2n) is 5.90. The van der Waals surface area contributed by atoms with Gasteiger partial charge in [-0.25, -0.2) is 0 Å². The summed E-state index contributed by atoms with van der Waals surface area (Å²) in [6.07, 6.45) is 5.86. The predicted molar refractivity (Wildman–Crippen MR) is 92.3 cm³/mol. The molecule has 0 aliphatic rings. The van der Waals surface area contributed by atoms with Gasteiger partial charge in [0.1, 0.15) is 6.54 Å². The van der Waals surface area contributed by atoms with Crippen molar-refractivity contribution >= 4 is 16.8 Å². The van der Waals surface area contributed by atoms with Crippen molar-refractivity contribution in [3.63, 3.8) is 0 Å². The van der Waals surface area contributed by atoms with Crippen molar-refractivity contribution in [3.05, 3.63) is 40.7 Å². The highest BCUT2D eigenvalue weighted by Crippen LogP contribution is 2.11. The van der Waals surface area contributed by atoms with Crippen molar-refractivity contribution < 1.29 is 4.79 Å². The summed E-state index contributed by atoms with van der Waals surface area (Å²) in [5, 5.41) is 7.67. The molecule has 124 valence electrons. The first kappa shape index (κ1) is 17.2. The monoisotopic (exact) mass is 315 g/mol. The summed E-state index contributed by atoms with van der Waals surface area (Å²) in [5.41, 5.74) is 0.566. The zero-order valence-electron chi connectivity index (χ0n) is 13.9. The number of fused-ring (bicyclic) bond motifs is 1. The second-order valence-corrected chi connectivity index (χ2v) is 5.90. The van der Waals surface area contributed by atoms with E-state index >= 15 is 0 Å². The Morgan fingerprint density at radius 3 is 2.83 bits per heavy atom. The van der Waals surface area contributed by atoms with Crippen LogP contribution in [0.3, 0.4) is 0 Å². The van der Waals surface area contributed by atoms with Gasteiger partial charge in [-0.2, -0.15) is 5.10 Å². The van der Waals surface area contributed by atoms with Crippen LogP contribution in [0.2, 0.25) is 0 Å². The highest BCUT2D eigenvalue weighted by atomic mass is 16.2. The smallest absolute Gasteiger partial charge is 0.241 e. The number of unbranched alkanes of at least 4 members (excludes halogenated alkanes) is 1. The molecule has 0 saturated carbocycles. The highest BCUT2D eigenvalue weighted by Gasteiger charge is 2.10. The third-order valence-electron chi connectivity index (χ3n) is 4.19. The lowest BCUT2D eigenvalue weighted by Crippen LogP contribution is -2.33. The minimum atomic E-state index is -0.122. The van der Waals surface area contributed by atoms with Gasteiger partial charge in [-0.3, -0.25) is 14.3 Å². The van der Waals surface area contributed by atoms with Crippen LogP contribution in [0.5, 0.6) is 0 Å². The lowest BCUT2D eigenvalue weighted by atomic mass is 9.99. The Bertz CT molecular complexity index is 709. The van der Waals surface area contributed by atoms with Gasteiger partial charge in [0, 0.05) is 11.9 Å².